The van der Waals surface area contributed by atoms with Crippen molar-refractivity contribution in [3.05, 3.63) is 30.1 Å². The first kappa shape index (κ1) is 17.1. The Morgan fingerprint density at radius 2 is 1.79 bits per heavy atom. The van der Waals surface area contributed by atoms with Crippen molar-refractivity contribution in [1.82, 2.24) is 4.98 Å². The molecule has 0 aliphatic rings. The number of aromatic nitrogens is 1. The van der Waals surface area contributed by atoms with Crippen molar-refractivity contribution in [2.24, 2.45) is 5.92 Å². The van der Waals surface area contributed by atoms with Gasteiger partial charge in [-0.25, -0.2) is 9.59 Å². The quantitative estimate of drug-likeness (QED) is 0.621. The maximum Gasteiger partial charge on any atom is 0.417 e. The number of pyridine rings is 1. The Labute approximate surface area is 113 Å². The van der Waals surface area contributed by atoms with Gasteiger partial charge in [-0.15, -0.1) is 0 Å². The van der Waals surface area contributed by atoms with Gasteiger partial charge in [-0.1, -0.05) is 26.8 Å². The van der Waals surface area contributed by atoms with Crippen LogP contribution in [-0.4, -0.2) is 23.5 Å². The van der Waals surface area contributed by atoms with E-state index < -0.39 is 11.9 Å². The third-order valence-electron chi connectivity index (χ3n) is 1.53. The molecule has 106 valence electrons. The van der Waals surface area contributed by atoms with Crippen molar-refractivity contribution in [1.29, 1.82) is 0 Å². The van der Waals surface area contributed by atoms with E-state index in [1.54, 1.807) is 31.5 Å². The maximum absolute atomic E-state index is 11.0. The molecule has 5 heteroatoms. The molecule has 0 atom stereocenters. The number of hydrogen-bond acceptors (Lipinski definition) is 5. The topological polar surface area (TPSA) is 65.5 Å². The molecule has 0 aromatic carbocycles. The van der Waals surface area contributed by atoms with Gasteiger partial charge in [-0.05, 0) is 18.9 Å². The van der Waals surface area contributed by atoms with E-state index in [0.717, 1.165) is 11.5 Å². The summed E-state index contributed by atoms with van der Waals surface area (Å²) in [5.74, 6) is -1.12. The largest absolute Gasteiger partial charge is 0.458 e. The van der Waals surface area contributed by atoms with E-state index >= 15 is 0 Å². The van der Waals surface area contributed by atoms with Crippen LogP contribution >= 0.6 is 0 Å². The number of carbonyl (C=O) groups excluding carboxylic acids is 2. The summed E-state index contributed by atoms with van der Waals surface area (Å²) in [6.07, 6.45) is 3.16. The molecule has 1 rings (SSSR count). The molecule has 0 saturated heterocycles. The van der Waals surface area contributed by atoms with Crippen LogP contribution in [0.15, 0.2) is 24.5 Å². The second kappa shape index (κ2) is 10.1. The highest BCUT2D eigenvalue weighted by molar-refractivity contribution is 6.29. The molecule has 0 unspecified atom stereocenters. The molecular formula is C14H21NO4. The van der Waals surface area contributed by atoms with Gasteiger partial charge in [-0.3, -0.25) is 4.98 Å². The Morgan fingerprint density at radius 3 is 2.26 bits per heavy atom. The molecule has 0 radical (unpaired) electrons. The van der Waals surface area contributed by atoms with Crippen LogP contribution in [0.25, 0.3) is 0 Å². The number of carbonyl (C=O) groups is 2. The summed E-state index contributed by atoms with van der Waals surface area (Å²) in [5, 5.41) is 0. The Kier molecular flexibility index (Phi) is 9.04. The molecule has 0 fully saturated rings. The van der Waals surface area contributed by atoms with E-state index in [2.05, 4.69) is 35.2 Å². The first-order valence-corrected chi connectivity index (χ1v) is 6.20. The normalized spacial score (nSPS) is 9.32. The third-order valence-corrected chi connectivity index (χ3v) is 1.53. The van der Waals surface area contributed by atoms with Crippen molar-refractivity contribution >= 4 is 11.9 Å². The second-order valence-corrected chi connectivity index (χ2v) is 4.39. The van der Waals surface area contributed by atoms with Crippen LogP contribution < -0.4 is 0 Å². The maximum atomic E-state index is 11.0. The number of ether oxygens (including phenoxy) is 2. The summed E-state index contributed by atoms with van der Waals surface area (Å²) in [4.78, 5) is 25.7. The van der Waals surface area contributed by atoms with E-state index in [-0.39, 0.29) is 13.2 Å². The van der Waals surface area contributed by atoms with Crippen molar-refractivity contribution in [2.75, 3.05) is 6.61 Å². The van der Waals surface area contributed by atoms with Crippen LogP contribution in [0.1, 0.15) is 33.3 Å². The van der Waals surface area contributed by atoms with Gasteiger partial charge in [0.05, 0.1) is 6.61 Å². The summed E-state index contributed by atoms with van der Waals surface area (Å²) in [5.41, 5.74) is 0.718. The Morgan fingerprint density at radius 1 is 1.21 bits per heavy atom. The standard InChI is InChI=1S/C10H11NO4.C4H10/c1-2-14-9(12)10(13)15-7-8-4-3-5-11-6-8;1-4(2)3/h3-6H,2,7H2,1H3;4H,1-3H3. The molecule has 5 nitrogen and oxygen atoms in total. The number of rotatable bonds is 3. The van der Waals surface area contributed by atoms with Gasteiger partial charge < -0.3 is 9.47 Å². The Bertz CT molecular complexity index is 374. The first-order chi connectivity index (χ1) is 8.97. The summed E-state index contributed by atoms with van der Waals surface area (Å²) < 4.78 is 9.15. The molecule has 0 saturated carbocycles. The van der Waals surface area contributed by atoms with Crippen molar-refractivity contribution in [3.8, 4) is 0 Å². The zero-order valence-electron chi connectivity index (χ0n) is 11.9. The molecule has 1 heterocycles. The highest BCUT2D eigenvalue weighted by Gasteiger charge is 2.16. The van der Waals surface area contributed by atoms with Crippen molar-refractivity contribution < 1.29 is 19.1 Å². The van der Waals surface area contributed by atoms with Crippen LogP contribution in [-0.2, 0) is 25.7 Å². The molecule has 1 aromatic rings. The van der Waals surface area contributed by atoms with Gasteiger partial charge in [0.1, 0.15) is 6.61 Å². The minimum Gasteiger partial charge on any atom is -0.458 e. The predicted molar refractivity (Wildman–Crippen MR) is 71.2 cm³/mol. The Hall–Kier alpha value is -1.91. The second-order valence-electron chi connectivity index (χ2n) is 4.39. The minimum atomic E-state index is -0.985. The fourth-order valence-electron chi connectivity index (χ4n) is 0.881. The summed E-state index contributed by atoms with van der Waals surface area (Å²) in [6, 6.07) is 3.46. The van der Waals surface area contributed by atoms with Gasteiger partial charge in [0.15, 0.2) is 0 Å². The van der Waals surface area contributed by atoms with Crippen molar-refractivity contribution in [2.45, 2.75) is 34.3 Å². The lowest BCUT2D eigenvalue weighted by Gasteiger charge is -2.03. The van der Waals surface area contributed by atoms with E-state index in [1.165, 1.54) is 0 Å². The summed E-state index contributed by atoms with van der Waals surface area (Å²) in [7, 11) is 0. The van der Waals surface area contributed by atoms with Gasteiger partial charge >= 0.3 is 11.9 Å². The van der Waals surface area contributed by atoms with Gasteiger partial charge in [0.25, 0.3) is 0 Å². The molecule has 0 bridgehead atoms. The first-order valence-electron chi connectivity index (χ1n) is 6.20. The number of nitrogens with zero attached hydrogens (tertiary/aromatic N) is 1. The number of esters is 2. The Balaban J connectivity index is 0.000000711. The van der Waals surface area contributed by atoms with Crippen LogP contribution in [0.3, 0.4) is 0 Å². The molecule has 0 N–H and O–H groups in total. The highest BCUT2D eigenvalue weighted by atomic mass is 16.6. The van der Waals surface area contributed by atoms with E-state index in [4.69, 9.17) is 0 Å². The smallest absolute Gasteiger partial charge is 0.417 e. The molecule has 0 amide bonds. The average molecular weight is 267 g/mol. The number of hydrogen-bond donors (Lipinski definition) is 0. The lowest BCUT2D eigenvalue weighted by molar-refractivity contribution is -0.168. The van der Waals surface area contributed by atoms with Crippen LogP contribution in [0.2, 0.25) is 0 Å². The van der Waals surface area contributed by atoms with Gasteiger partial charge in [-0.2, -0.15) is 0 Å². The zero-order valence-corrected chi connectivity index (χ0v) is 11.9. The predicted octanol–water partition coefficient (Wildman–Crippen LogP) is 2.35. The molecule has 0 spiro atoms. The molecule has 0 aliphatic carbocycles. The SMILES string of the molecule is CC(C)C.CCOC(=O)C(=O)OCc1cccnc1. The zero-order chi connectivity index (χ0) is 14.7. The summed E-state index contributed by atoms with van der Waals surface area (Å²) >= 11 is 0. The van der Waals surface area contributed by atoms with E-state index in [9.17, 15) is 9.59 Å². The average Bonchev–Trinajstić information content (AvgIpc) is 2.37. The fraction of sp³-hybridized carbons (Fsp3) is 0.500. The lowest BCUT2D eigenvalue weighted by atomic mass is 10.3. The monoisotopic (exact) mass is 267 g/mol. The van der Waals surface area contributed by atoms with Crippen LogP contribution in [0.5, 0.6) is 0 Å². The van der Waals surface area contributed by atoms with Gasteiger partial charge in [0.2, 0.25) is 0 Å². The lowest BCUT2D eigenvalue weighted by Crippen LogP contribution is -2.20. The van der Waals surface area contributed by atoms with Crippen molar-refractivity contribution in [3.63, 3.8) is 0 Å². The van der Waals surface area contributed by atoms with Gasteiger partial charge in [0, 0.05) is 18.0 Å². The summed E-state index contributed by atoms with van der Waals surface area (Å²) in [6.45, 7) is 8.29. The molecule has 19 heavy (non-hydrogen) atoms. The molecule has 1 aromatic heterocycles. The highest BCUT2D eigenvalue weighted by Crippen LogP contribution is 1.98. The molecular weight excluding hydrogens is 246 g/mol. The fourth-order valence-corrected chi connectivity index (χ4v) is 0.881. The third kappa shape index (κ3) is 9.76. The van der Waals surface area contributed by atoms with E-state index in [1.807, 2.05) is 0 Å². The van der Waals surface area contributed by atoms with E-state index in [0.29, 0.717) is 0 Å². The van der Waals surface area contributed by atoms with Crippen LogP contribution in [0, 0.1) is 5.92 Å². The minimum absolute atomic E-state index is 0.0193. The van der Waals surface area contributed by atoms with Crippen LogP contribution in [0.4, 0.5) is 0 Å². The molecule has 0 aliphatic heterocycles.